The van der Waals surface area contributed by atoms with Gasteiger partial charge in [0.1, 0.15) is 0 Å². The molecule has 2 aliphatic heterocycles. The molecule has 0 aromatic rings. The molecule has 5 heteroatoms. The smallest absolute Gasteiger partial charge is 0.304 e. The summed E-state index contributed by atoms with van der Waals surface area (Å²) in [6.07, 6.45) is 3.08. The van der Waals surface area contributed by atoms with Crippen LogP contribution in [0.1, 0.15) is 19.3 Å². The molecule has 0 radical (unpaired) electrons. The average molecular weight is 242 g/mol. The molecule has 2 fully saturated rings. The summed E-state index contributed by atoms with van der Waals surface area (Å²) in [7, 11) is 0. The Hall–Kier alpha value is -0.650. The Morgan fingerprint density at radius 1 is 1.24 bits per heavy atom. The SMILES string of the molecule is O=C(O)CCN1CCN(CC2CCCO2)CC1. The molecule has 2 aliphatic rings. The van der Waals surface area contributed by atoms with Crippen molar-refractivity contribution >= 4 is 5.97 Å². The van der Waals surface area contributed by atoms with E-state index in [1.807, 2.05) is 0 Å². The van der Waals surface area contributed by atoms with Gasteiger partial charge in [-0.3, -0.25) is 9.69 Å². The van der Waals surface area contributed by atoms with E-state index >= 15 is 0 Å². The molecule has 0 saturated carbocycles. The Morgan fingerprint density at radius 2 is 1.94 bits per heavy atom. The summed E-state index contributed by atoms with van der Waals surface area (Å²) in [5.41, 5.74) is 0. The fourth-order valence-corrected chi connectivity index (χ4v) is 2.53. The van der Waals surface area contributed by atoms with Gasteiger partial charge in [-0.25, -0.2) is 0 Å². The molecule has 2 saturated heterocycles. The van der Waals surface area contributed by atoms with Gasteiger partial charge in [0, 0.05) is 45.9 Å². The van der Waals surface area contributed by atoms with E-state index in [0.717, 1.165) is 39.3 Å². The lowest BCUT2D eigenvalue weighted by Gasteiger charge is -2.35. The molecule has 2 heterocycles. The van der Waals surface area contributed by atoms with E-state index in [0.29, 0.717) is 12.6 Å². The zero-order valence-corrected chi connectivity index (χ0v) is 10.3. The van der Waals surface area contributed by atoms with Crippen LogP contribution < -0.4 is 0 Å². The van der Waals surface area contributed by atoms with E-state index in [1.54, 1.807) is 0 Å². The van der Waals surface area contributed by atoms with E-state index in [4.69, 9.17) is 9.84 Å². The highest BCUT2D eigenvalue weighted by Crippen LogP contribution is 2.14. The highest BCUT2D eigenvalue weighted by Gasteiger charge is 2.22. The molecule has 1 atom stereocenters. The standard InChI is InChI=1S/C12H22N2O3/c15-12(16)3-4-13-5-7-14(8-6-13)10-11-2-1-9-17-11/h11H,1-10H2,(H,15,16). The number of nitrogens with zero attached hydrogens (tertiary/aromatic N) is 2. The Balaban J connectivity index is 1.61. The predicted molar refractivity (Wildman–Crippen MR) is 64.1 cm³/mol. The summed E-state index contributed by atoms with van der Waals surface area (Å²) >= 11 is 0. The number of hydrogen-bond donors (Lipinski definition) is 1. The normalized spacial score (nSPS) is 27.4. The molecule has 5 nitrogen and oxygen atoms in total. The second-order valence-electron chi connectivity index (χ2n) is 4.92. The van der Waals surface area contributed by atoms with Gasteiger partial charge in [-0.15, -0.1) is 0 Å². The van der Waals surface area contributed by atoms with Crippen LogP contribution in [0.3, 0.4) is 0 Å². The molecule has 0 bridgehead atoms. The van der Waals surface area contributed by atoms with Crippen LogP contribution >= 0.6 is 0 Å². The Kier molecular flexibility index (Phi) is 4.76. The molecule has 0 aromatic heterocycles. The number of aliphatic carboxylic acids is 1. The highest BCUT2D eigenvalue weighted by molar-refractivity contribution is 5.66. The van der Waals surface area contributed by atoms with Gasteiger partial charge in [-0.2, -0.15) is 0 Å². The molecule has 17 heavy (non-hydrogen) atoms. The summed E-state index contributed by atoms with van der Waals surface area (Å²) in [6.45, 7) is 6.71. The molecule has 98 valence electrons. The Bertz CT molecular complexity index is 246. The van der Waals surface area contributed by atoms with Gasteiger partial charge in [-0.1, -0.05) is 0 Å². The summed E-state index contributed by atoms with van der Waals surface area (Å²) in [4.78, 5) is 15.2. The number of rotatable bonds is 5. The summed E-state index contributed by atoms with van der Waals surface area (Å²) in [6, 6.07) is 0. The van der Waals surface area contributed by atoms with Crippen LogP contribution in [0.25, 0.3) is 0 Å². The second kappa shape index (κ2) is 6.33. The summed E-state index contributed by atoms with van der Waals surface area (Å²) < 4.78 is 5.63. The van der Waals surface area contributed by atoms with Gasteiger partial charge in [-0.05, 0) is 12.8 Å². The second-order valence-corrected chi connectivity index (χ2v) is 4.92. The number of ether oxygens (including phenoxy) is 1. The Morgan fingerprint density at radius 3 is 2.53 bits per heavy atom. The molecule has 1 unspecified atom stereocenters. The fourth-order valence-electron chi connectivity index (χ4n) is 2.53. The zero-order chi connectivity index (χ0) is 12.1. The van der Waals surface area contributed by atoms with Crippen LogP contribution in [-0.4, -0.2) is 72.9 Å². The molecule has 0 aromatic carbocycles. The first kappa shape index (κ1) is 12.8. The lowest BCUT2D eigenvalue weighted by molar-refractivity contribution is -0.137. The minimum Gasteiger partial charge on any atom is -0.481 e. The number of carbonyl (C=O) groups is 1. The van der Waals surface area contributed by atoms with Crippen molar-refractivity contribution in [3.63, 3.8) is 0 Å². The first-order valence-corrected chi connectivity index (χ1v) is 6.52. The molecule has 2 rings (SSSR count). The minimum absolute atomic E-state index is 0.256. The maximum atomic E-state index is 10.5. The van der Waals surface area contributed by atoms with Gasteiger partial charge in [0.2, 0.25) is 0 Å². The van der Waals surface area contributed by atoms with Crippen molar-refractivity contribution in [2.45, 2.75) is 25.4 Å². The van der Waals surface area contributed by atoms with Crippen LogP contribution in [-0.2, 0) is 9.53 Å². The number of hydrogen-bond acceptors (Lipinski definition) is 4. The lowest BCUT2D eigenvalue weighted by Crippen LogP contribution is -2.48. The van der Waals surface area contributed by atoms with Crippen LogP contribution in [0.5, 0.6) is 0 Å². The number of carboxylic acid groups (broad SMARTS) is 1. The van der Waals surface area contributed by atoms with Gasteiger partial charge in [0.15, 0.2) is 0 Å². The molecule has 0 aliphatic carbocycles. The van der Waals surface area contributed by atoms with Crippen LogP contribution in [0.2, 0.25) is 0 Å². The van der Waals surface area contributed by atoms with Gasteiger partial charge < -0.3 is 14.7 Å². The van der Waals surface area contributed by atoms with Crippen molar-refractivity contribution in [1.82, 2.24) is 9.80 Å². The zero-order valence-electron chi connectivity index (χ0n) is 10.3. The van der Waals surface area contributed by atoms with E-state index in [1.165, 1.54) is 12.8 Å². The van der Waals surface area contributed by atoms with Gasteiger partial charge in [0.25, 0.3) is 0 Å². The van der Waals surface area contributed by atoms with Gasteiger partial charge >= 0.3 is 5.97 Å². The monoisotopic (exact) mass is 242 g/mol. The molecular formula is C12H22N2O3. The maximum absolute atomic E-state index is 10.5. The predicted octanol–water partition coefficient (Wildman–Crippen LogP) is 0.258. The average Bonchev–Trinajstić information content (AvgIpc) is 2.81. The molecular weight excluding hydrogens is 220 g/mol. The number of carboxylic acids is 1. The third kappa shape index (κ3) is 4.26. The van der Waals surface area contributed by atoms with Crippen LogP contribution in [0.15, 0.2) is 0 Å². The molecule has 1 N–H and O–H groups in total. The van der Waals surface area contributed by atoms with Crippen LogP contribution in [0.4, 0.5) is 0 Å². The maximum Gasteiger partial charge on any atom is 0.304 e. The minimum atomic E-state index is -0.702. The van der Waals surface area contributed by atoms with E-state index in [2.05, 4.69) is 9.80 Å². The molecule has 0 amide bonds. The lowest BCUT2D eigenvalue weighted by atomic mass is 10.2. The van der Waals surface area contributed by atoms with Gasteiger partial charge in [0.05, 0.1) is 12.5 Å². The Labute approximate surface area is 102 Å². The van der Waals surface area contributed by atoms with E-state index < -0.39 is 5.97 Å². The highest BCUT2D eigenvalue weighted by atomic mass is 16.5. The summed E-state index contributed by atoms with van der Waals surface area (Å²) in [5.74, 6) is -0.702. The summed E-state index contributed by atoms with van der Waals surface area (Å²) in [5, 5.41) is 8.63. The largest absolute Gasteiger partial charge is 0.481 e. The van der Waals surface area contributed by atoms with Crippen molar-refractivity contribution in [2.24, 2.45) is 0 Å². The van der Waals surface area contributed by atoms with Crippen molar-refractivity contribution < 1.29 is 14.6 Å². The topological polar surface area (TPSA) is 53.0 Å². The van der Waals surface area contributed by atoms with Crippen molar-refractivity contribution in [3.05, 3.63) is 0 Å². The third-order valence-electron chi connectivity index (χ3n) is 3.59. The van der Waals surface area contributed by atoms with Crippen LogP contribution in [0, 0.1) is 0 Å². The van der Waals surface area contributed by atoms with Crippen molar-refractivity contribution in [1.29, 1.82) is 0 Å². The number of piperazine rings is 1. The van der Waals surface area contributed by atoms with Crippen molar-refractivity contribution in [3.8, 4) is 0 Å². The molecule has 0 spiro atoms. The third-order valence-corrected chi connectivity index (χ3v) is 3.59. The quantitative estimate of drug-likeness (QED) is 0.749. The first-order chi connectivity index (χ1) is 8.24. The first-order valence-electron chi connectivity index (χ1n) is 6.52. The fraction of sp³-hybridized carbons (Fsp3) is 0.917. The van der Waals surface area contributed by atoms with Crippen molar-refractivity contribution in [2.75, 3.05) is 45.9 Å². The van der Waals surface area contributed by atoms with E-state index in [9.17, 15) is 4.79 Å². The van der Waals surface area contributed by atoms with E-state index in [-0.39, 0.29) is 6.42 Å².